The first-order valence-corrected chi connectivity index (χ1v) is 6.59. The first-order chi connectivity index (χ1) is 8.68. The third-order valence-corrected chi connectivity index (χ3v) is 3.36. The van der Waals surface area contributed by atoms with Crippen molar-refractivity contribution in [2.75, 3.05) is 5.32 Å². The molecule has 1 heterocycles. The van der Waals surface area contributed by atoms with Crippen molar-refractivity contribution in [2.45, 2.75) is 6.54 Å². The maximum atomic E-state index is 5.74. The quantitative estimate of drug-likeness (QED) is 0.850. The van der Waals surface area contributed by atoms with E-state index in [9.17, 15) is 0 Å². The molecule has 0 fully saturated rings. The molecular weight excluding hydrogens is 310 g/mol. The van der Waals surface area contributed by atoms with E-state index in [4.69, 9.17) is 18.0 Å². The van der Waals surface area contributed by atoms with Crippen molar-refractivity contribution < 1.29 is 0 Å². The molecule has 0 radical (unpaired) electrons. The zero-order valence-electron chi connectivity index (χ0n) is 9.56. The average molecular weight is 322 g/mol. The first kappa shape index (κ1) is 13.0. The fourth-order valence-electron chi connectivity index (χ4n) is 1.62. The van der Waals surface area contributed by atoms with Crippen LogP contribution in [0, 0.1) is 0 Å². The molecule has 0 saturated heterocycles. The number of thiocarbonyl (C=S) groups is 1. The van der Waals surface area contributed by atoms with Crippen LogP contribution in [-0.2, 0) is 6.54 Å². The fourth-order valence-corrected chi connectivity index (χ4v) is 2.55. The van der Waals surface area contributed by atoms with Crippen LogP contribution in [0.1, 0.15) is 11.1 Å². The van der Waals surface area contributed by atoms with Crippen LogP contribution in [-0.4, -0.2) is 9.97 Å². The van der Waals surface area contributed by atoms with Crippen LogP contribution < -0.4 is 11.1 Å². The third-order valence-electron chi connectivity index (χ3n) is 2.49. The second-order valence-corrected chi connectivity index (χ2v) is 5.03. The van der Waals surface area contributed by atoms with Crippen LogP contribution in [0.4, 0.5) is 5.69 Å². The maximum Gasteiger partial charge on any atom is 0.107 e. The molecule has 5 heteroatoms. The number of nitrogens with zero attached hydrogens (tertiary/aromatic N) is 1. The molecule has 18 heavy (non-hydrogen) atoms. The van der Waals surface area contributed by atoms with Crippen molar-refractivity contribution in [1.29, 1.82) is 0 Å². The highest BCUT2D eigenvalue weighted by molar-refractivity contribution is 9.10. The number of pyridine rings is 1. The normalized spacial score (nSPS) is 10.1. The highest BCUT2D eigenvalue weighted by Gasteiger charge is 2.08. The van der Waals surface area contributed by atoms with E-state index in [0.29, 0.717) is 11.5 Å². The smallest absolute Gasteiger partial charge is 0.107 e. The van der Waals surface area contributed by atoms with E-state index in [0.717, 1.165) is 21.3 Å². The Kier molecular flexibility index (Phi) is 4.28. The molecule has 0 unspecified atom stereocenters. The lowest BCUT2D eigenvalue weighted by Gasteiger charge is -2.12. The first-order valence-electron chi connectivity index (χ1n) is 5.39. The minimum absolute atomic E-state index is 0.375. The fraction of sp³-hybridized carbons (Fsp3) is 0.0769. The molecule has 0 saturated carbocycles. The van der Waals surface area contributed by atoms with Gasteiger partial charge in [0.25, 0.3) is 0 Å². The number of nitrogens with two attached hydrogens (primary N) is 1. The second kappa shape index (κ2) is 5.93. The van der Waals surface area contributed by atoms with Crippen molar-refractivity contribution >= 4 is 38.8 Å². The number of anilines is 1. The van der Waals surface area contributed by atoms with Crippen molar-refractivity contribution in [2.24, 2.45) is 5.73 Å². The Morgan fingerprint density at radius 3 is 2.67 bits per heavy atom. The molecule has 0 amide bonds. The Bertz CT molecular complexity index is 557. The molecule has 0 bridgehead atoms. The van der Waals surface area contributed by atoms with Gasteiger partial charge in [-0.3, -0.25) is 4.98 Å². The lowest BCUT2D eigenvalue weighted by Crippen LogP contribution is -2.14. The number of halogens is 1. The maximum absolute atomic E-state index is 5.74. The largest absolute Gasteiger partial charge is 0.389 e. The minimum Gasteiger partial charge on any atom is -0.389 e. The molecular formula is C13H12BrN3S. The van der Waals surface area contributed by atoms with Crippen LogP contribution >= 0.6 is 28.1 Å². The zero-order chi connectivity index (χ0) is 13.0. The molecule has 92 valence electrons. The average Bonchev–Trinajstić information content (AvgIpc) is 2.37. The molecule has 1 aromatic heterocycles. The predicted octanol–water partition coefficient (Wildman–Crippen LogP) is 3.09. The molecule has 0 aliphatic rings. The van der Waals surface area contributed by atoms with Gasteiger partial charge in [-0.2, -0.15) is 0 Å². The van der Waals surface area contributed by atoms with Crippen LogP contribution in [0.5, 0.6) is 0 Å². The lowest BCUT2D eigenvalue weighted by atomic mass is 10.1. The molecule has 3 N–H and O–H groups in total. The Morgan fingerprint density at radius 2 is 2.00 bits per heavy atom. The summed E-state index contributed by atoms with van der Waals surface area (Å²) in [5, 5.41) is 3.33. The summed E-state index contributed by atoms with van der Waals surface area (Å²) in [6, 6.07) is 9.75. The zero-order valence-corrected chi connectivity index (χ0v) is 12.0. The summed E-state index contributed by atoms with van der Waals surface area (Å²) in [6.45, 7) is 0.703. The van der Waals surface area contributed by atoms with E-state index < -0.39 is 0 Å². The Labute approximate surface area is 120 Å². The van der Waals surface area contributed by atoms with Crippen molar-refractivity contribution in [1.82, 2.24) is 4.98 Å². The molecule has 3 nitrogen and oxygen atoms in total. The Hall–Kier alpha value is -1.46. The molecule has 0 aliphatic carbocycles. The van der Waals surface area contributed by atoms with E-state index in [1.54, 1.807) is 12.4 Å². The highest BCUT2D eigenvalue weighted by atomic mass is 79.9. The Balaban J connectivity index is 2.20. The third kappa shape index (κ3) is 3.05. The SMILES string of the molecule is NC(=S)c1c(Br)cccc1NCc1ccncc1. The summed E-state index contributed by atoms with van der Waals surface area (Å²) in [5.41, 5.74) is 8.65. The summed E-state index contributed by atoms with van der Waals surface area (Å²) in [7, 11) is 0. The number of aromatic nitrogens is 1. The predicted molar refractivity (Wildman–Crippen MR) is 81.6 cm³/mol. The van der Waals surface area contributed by atoms with Crippen LogP contribution in [0.2, 0.25) is 0 Å². The molecule has 2 aromatic rings. The van der Waals surface area contributed by atoms with Gasteiger partial charge >= 0.3 is 0 Å². The van der Waals surface area contributed by atoms with Gasteiger partial charge in [0, 0.05) is 34.7 Å². The van der Waals surface area contributed by atoms with Gasteiger partial charge in [-0.1, -0.05) is 18.3 Å². The highest BCUT2D eigenvalue weighted by Crippen LogP contribution is 2.25. The standard InChI is InChI=1S/C13H12BrN3S/c14-10-2-1-3-11(12(10)13(15)18)17-8-9-4-6-16-7-5-9/h1-7,17H,8H2,(H2,15,18). The van der Waals surface area contributed by atoms with Gasteiger partial charge in [0.05, 0.1) is 0 Å². The topological polar surface area (TPSA) is 50.9 Å². The number of nitrogens with one attached hydrogen (secondary N) is 1. The van der Waals surface area contributed by atoms with Gasteiger partial charge in [0.2, 0.25) is 0 Å². The van der Waals surface area contributed by atoms with E-state index in [-0.39, 0.29) is 0 Å². The van der Waals surface area contributed by atoms with Crippen molar-refractivity contribution in [3.63, 3.8) is 0 Å². The minimum atomic E-state index is 0.375. The van der Waals surface area contributed by atoms with Gasteiger partial charge < -0.3 is 11.1 Å². The van der Waals surface area contributed by atoms with Crippen LogP contribution in [0.25, 0.3) is 0 Å². The van der Waals surface area contributed by atoms with Crippen LogP contribution in [0.15, 0.2) is 47.2 Å². The van der Waals surface area contributed by atoms with Crippen molar-refractivity contribution in [3.05, 3.63) is 58.3 Å². The molecule has 2 rings (SSSR count). The van der Waals surface area contributed by atoms with Gasteiger partial charge in [-0.15, -0.1) is 0 Å². The van der Waals surface area contributed by atoms with Crippen LogP contribution in [0.3, 0.4) is 0 Å². The van der Waals surface area contributed by atoms with E-state index in [2.05, 4.69) is 26.2 Å². The van der Waals surface area contributed by atoms with E-state index in [1.165, 1.54) is 0 Å². The summed E-state index contributed by atoms with van der Waals surface area (Å²) in [5.74, 6) is 0. The second-order valence-electron chi connectivity index (χ2n) is 3.74. The molecule has 0 spiro atoms. The number of hydrogen-bond donors (Lipinski definition) is 2. The number of hydrogen-bond acceptors (Lipinski definition) is 3. The number of rotatable bonds is 4. The van der Waals surface area contributed by atoms with Gasteiger partial charge in [0.1, 0.15) is 4.99 Å². The summed E-state index contributed by atoms with van der Waals surface area (Å²) in [4.78, 5) is 4.36. The monoisotopic (exact) mass is 321 g/mol. The number of benzene rings is 1. The van der Waals surface area contributed by atoms with Crippen molar-refractivity contribution in [3.8, 4) is 0 Å². The summed E-state index contributed by atoms with van der Waals surface area (Å²) < 4.78 is 0.898. The molecule has 0 aliphatic heterocycles. The summed E-state index contributed by atoms with van der Waals surface area (Å²) in [6.07, 6.45) is 3.54. The molecule has 0 atom stereocenters. The van der Waals surface area contributed by atoms with Gasteiger partial charge in [-0.25, -0.2) is 0 Å². The summed E-state index contributed by atoms with van der Waals surface area (Å²) >= 11 is 8.52. The van der Waals surface area contributed by atoms with E-state index >= 15 is 0 Å². The van der Waals surface area contributed by atoms with Gasteiger partial charge in [0.15, 0.2) is 0 Å². The lowest BCUT2D eigenvalue weighted by molar-refractivity contribution is 1.12. The van der Waals surface area contributed by atoms with Gasteiger partial charge in [-0.05, 0) is 45.8 Å². The van der Waals surface area contributed by atoms with E-state index in [1.807, 2.05) is 30.3 Å². The Morgan fingerprint density at radius 1 is 1.28 bits per heavy atom. The molecule has 1 aromatic carbocycles.